The molecule has 0 aliphatic carbocycles. The summed E-state index contributed by atoms with van der Waals surface area (Å²) >= 11 is 1.33. The van der Waals surface area contributed by atoms with E-state index >= 15 is 0 Å². The summed E-state index contributed by atoms with van der Waals surface area (Å²) in [5.41, 5.74) is 2.67. The van der Waals surface area contributed by atoms with Crippen molar-refractivity contribution in [2.45, 2.75) is 11.7 Å². The van der Waals surface area contributed by atoms with Crippen LogP contribution in [0.4, 0.5) is 4.39 Å². The molecule has 2 aromatic heterocycles. The van der Waals surface area contributed by atoms with Crippen LogP contribution in [0.5, 0.6) is 0 Å². The molecule has 2 N–H and O–H groups in total. The first-order valence-corrected chi connectivity index (χ1v) is 8.65. The zero-order valence-electron chi connectivity index (χ0n) is 13.1. The van der Waals surface area contributed by atoms with E-state index in [0.29, 0.717) is 17.5 Å². The van der Waals surface area contributed by atoms with Gasteiger partial charge in [-0.15, -0.1) is 5.10 Å². The van der Waals surface area contributed by atoms with Crippen LogP contribution in [0.25, 0.3) is 16.8 Å². The van der Waals surface area contributed by atoms with Gasteiger partial charge < -0.3 is 5.32 Å². The molecule has 2 heterocycles. The smallest absolute Gasteiger partial charge is 0.231 e. The first-order chi connectivity index (χ1) is 12.2. The number of para-hydroxylation sites is 2. The maximum absolute atomic E-state index is 12.9. The third-order valence-corrected chi connectivity index (χ3v) is 4.68. The van der Waals surface area contributed by atoms with E-state index in [1.807, 2.05) is 28.7 Å². The number of nitrogens with one attached hydrogen (secondary N) is 2. The van der Waals surface area contributed by atoms with Gasteiger partial charge in [0.15, 0.2) is 5.16 Å². The highest BCUT2D eigenvalue weighted by Gasteiger charge is 2.13. The summed E-state index contributed by atoms with van der Waals surface area (Å²) in [7, 11) is 0. The van der Waals surface area contributed by atoms with E-state index in [9.17, 15) is 9.18 Å². The summed E-state index contributed by atoms with van der Waals surface area (Å²) in [6, 6.07) is 13.8. The van der Waals surface area contributed by atoms with Crippen molar-refractivity contribution in [1.29, 1.82) is 0 Å². The van der Waals surface area contributed by atoms with Crippen LogP contribution in [0.15, 0.2) is 53.7 Å². The predicted octanol–water partition coefficient (Wildman–Crippen LogP) is 2.76. The van der Waals surface area contributed by atoms with E-state index in [-0.39, 0.29) is 17.5 Å². The Hall–Kier alpha value is -2.87. The molecular weight excluding hydrogens is 341 g/mol. The number of nitrogens with zero attached hydrogens (tertiary/aromatic N) is 3. The molecule has 0 bridgehead atoms. The van der Waals surface area contributed by atoms with E-state index in [1.165, 1.54) is 23.9 Å². The van der Waals surface area contributed by atoms with Crippen LogP contribution in [0.1, 0.15) is 5.56 Å². The fourth-order valence-electron chi connectivity index (χ4n) is 2.52. The van der Waals surface area contributed by atoms with Crippen LogP contribution in [0.2, 0.25) is 0 Å². The number of thioether (sulfide) groups is 1. The summed E-state index contributed by atoms with van der Waals surface area (Å²) in [6.45, 7) is 0.365. The highest BCUT2D eigenvalue weighted by molar-refractivity contribution is 7.99. The predicted molar refractivity (Wildman–Crippen MR) is 93.8 cm³/mol. The number of fused-ring (bicyclic) bond motifs is 3. The lowest BCUT2D eigenvalue weighted by Crippen LogP contribution is -2.24. The van der Waals surface area contributed by atoms with Crippen LogP contribution in [-0.4, -0.2) is 31.2 Å². The molecular formula is C17H14FN5OS. The number of imidazole rings is 1. The standard InChI is InChI=1S/C17H14FN5OS/c18-12-7-5-11(6-8-12)9-19-15(24)10-25-17-22-21-16-20-13-3-1-2-4-14(13)23(16)17/h1-8H,9-10H2,(H,19,24)(H,20,21). The summed E-state index contributed by atoms with van der Waals surface area (Å²) < 4.78 is 14.8. The van der Waals surface area contributed by atoms with Crippen LogP contribution in [-0.2, 0) is 11.3 Å². The monoisotopic (exact) mass is 355 g/mol. The molecule has 25 heavy (non-hydrogen) atoms. The minimum atomic E-state index is -0.291. The van der Waals surface area contributed by atoms with Crippen molar-refractivity contribution in [3.63, 3.8) is 0 Å². The molecule has 0 aliphatic heterocycles. The Bertz CT molecular complexity index is 1040. The molecule has 126 valence electrons. The second kappa shape index (κ2) is 6.56. The van der Waals surface area contributed by atoms with Crippen molar-refractivity contribution >= 4 is 34.5 Å². The number of aromatic nitrogens is 4. The van der Waals surface area contributed by atoms with Crippen LogP contribution in [0.3, 0.4) is 0 Å². The maximum atomic E-state index is 12.9. The normalized spacial score (nSPS) is 11.2. The summed E-state index contributed by atoms with van der Waals surface area (Å²) in [6.07, 6.45) is 0. The van der Waals surface area contributed by atoms with E-state index in [2.05, 4.69) is 20.5 Å². The van der Waals surface area contributed by atoms with Gasteiger partial charge in [-0.1, -0.05) is 36.0 Å². The zero-order chi connectivity index (χ0) is 17.2. The number of aromatic amines is 1. The van der Waals surface area contributed by atoms with Gasteiger partial charge >= 0.3 is 0 Å². The van der Waals surface area contributed by atoms with Gasteiger partial charge in [0.2, 0.25) is 11.7 Å². The molecule has 4 rings (SSSR count). The van der Waals surface area contributed by atoms with Gasteiger partial charge in [0.05, 0.1) is 16.8 Å². The van der Waals surface area contributed by atoms with Crippen molar-refractivity contribution in [2.75, 3.05) is 5.75 Å². The van der Waals surface area contributed by atoms with Gasteiger partial charge in [-0.25, -0.2) is 14.5 Å². The van der Waals surface area contributed by atoms with Crippen molar-refractivity contribution in [1.82, 2.24) is 24.9 Å². The van der Waals surface area contributed by atoms with Crippen molar-refractivity contribution in [2.24, 2.45) is 0 Å². The van der Waals surface area contributed by atoms with Gasteiger partial charge in [0, 0.05) is 6.54 Å². The summed E-state index contributed by atoms with van der Waals surface area (Å²) in [5.74, 6) is 0.472. The van der Waals surface area contributed by atoms with Crippen molar-refractivity contribution in [3.05, 3.63) is 59.9 Å². The van der Waals surface area contributed by atoms with Crippen molar-refractivity contribution < 1.29 is 9.18 Å². The quantitative estimate of drug-likeness (QED) is 0.540. The molecule has 0 spiro atoms. The highest BCUT2D eigenvalue weighted by atomic mass is 32.2. The molecule has 0 aliphatic rings. The Labute approximate surface area is 146 Å². The van der Waals surface area contributed by atoms with Crippen molar-refractivity contribution in [3.8, 4) is 0 Å². The lowest BCUT2D eigenvalue weighted by atomic mass is 10.2. The lowest BCUT2D eigenvalue weighted by Gasteiger charge is -2.04. The third-order valence-electron chi connectivity index (χ3n) is 3.74. The Morgan fingerprint density at radius 1 is 1.20 bits per heavy atom. The first-order valence-electron chi connectivity index (χ1n) is 7.66. The van der Waals surface area contributed by atoms with Crippen LogP contribution in [0, 0.1) is 5.82 Å². The van der Waals surface area contributed by atoms with Gasteiger partial charge in [-0.2, -0.15) is 0 Å². The molecule has 0 atom stereocenters. The van der Waals surface area contributed by atoms with E-state index in [1.54, 1.807) is 12.1 Å². The highest BCUT2D eigenvalue weighted by Crippen LogP contribution is 2.22. The average molecular weight is 355 g/mol. The Balaban J connectivity index is 1.41. The van der Waals surface area contributed by atoms with Gasteiger partial charge in [-0.05, 0) is 29.8 Å². The minimum absolute atomic E-state index is 0.116. The SMILES string of the molecule is O=C(CSc1n[nH]c2nc3ccccc3n12)NCc1ccc(F)cc1. The number of benzene rings is 2. The van der Waals surface area contributed by atoms with Gasteiger partial charge in [0.1, 0.15) is 5.82 Å². The molecule has 4 aromatic rings. The number of carbonyl (C=O) groups is 1. The Kier molecular flexibility index (Phi) is 4.10. The molecule has 2 aromatic carbocycles. The minimum Gasteiger partial charge on any atom is -0.351 e. The fourth-order valence-corrected chi connectivity index (χ4v) is 3.31. The largest absolute Gasteiger partial charge is 0.351 e. The zero-order valence-corrected chi connectivity index (χ0v) is 13.9. The van der Waals surface area contributed by atoms with Crippen LogP contribution >= 0.6 is 11.8 Å². The Morgan fingerprint density at radius 2 is 2.00 bits per heavy atom. The van der Waals surface area contributed by atoms with Crippen LogP contribution < -0.4 is 5.32 Å². The Morgan fingerprint density at radius 3 is 2.84 bits per heavy atom. The third kappa shape index (κ3) is 3.20. The summed E-state index contributed by atoms with van der Waals surface area (Å²) in [4.78, 5) is 16.5. The number of halogens is 1. The molecule has 0 saturated heterocycles. The van der Waals surface area contributed by atoms with E-state index in [0.717, 1.165) is 16.6 Å². The number of hydrogen-bond donors (Lipinski definition) is 2. The molecule has 6 nitrogen and oxygen atoms in total. The van der Waals surface area contributed by atoms with E-state index in [4.69, 9.17) is 0 Å². The van der Waals surface area contributed by atoms with Gasteiger partial charge in [0.25, 0.3) is 0 Å². The number of rotatable bonds is 5. The number of amides is 1. The number of carbonyl (C=O) groups excluding carboxylic acids is 1. The average Bonchev–Trinajstić information content (AvgIpc) is 3.18. The summed E-state index contributed by atoms with van der Waals surface area (Å²) in [5, 5.41) is 10.6. The molecule has 0 unspecified atom stereocenters. The van der Waals surface area contributed by atoms with Gasteiger partial charge in [-0.3, -0.25) is 9.20 Å². The first kappa shape index (κ1) is 15.6. The topological polar surface area (TPSA) is 75.1 Å². The lowest BCUT2D eigenvalue weighted by molar-refractivity contribution is -0.118. The number of H-pyrrole nitrogens is 1. The maximum Gasteiger partial charge on any atom is 0.231 e. The molecule has 0 fully saturated rings. The molecule has 8 heteroatoms. The fraction of sp³-hybridized carbons (Fsp3) is 0.118. The second-order valence-corrected chi connectivity index (χ2v) is 6.40. The van der Waals surface area contributed by atoms with E-state index < -0.39 is 0 Å². The second-order valence-electron chi connectivity index (χ2n) is 5.46. The molecule has 0 radical (unpaired) electrons. The molecule has 1 amide bonds. The molecule has 0 saturated carbocycles. The number of hydrogen-bond acceptors (Lipinski definition) is 4.